The number of anilines is 1. The first-order valence-corrected chi connectivity index (χ1v) is 10.6. The molecule has 0 saturated heterocycles. The summed E-state index contributed by atoms with van der Waals surface area (Å²) in [4.78, 5) is 12.7. The van der Waals surface area contributed by atoms with E-state index in [9.17, 15) is 13.2 Å². The smallest absolute Gasteiger partial charge is 0.264 e. The van der Waals surface area contributed by atoms with Crippen LogP contribution in [0.1, 0.15) is 36.7 Å². The van der Waals surface area contributed by atoms with E-state index in [-0.39, 0.29) is 22.8 Å². The summed E-state index contributed by atoms with van der Waals surface area (Å²) in [7, 11) is -0.913. The van der Waals surface area contributed by atoms with Crippen LogP contribution in [-0.2, 0) is 10.0 Å². The van der Waals surface area contributed by atoms with Crippen molar-refractivity contribution in [3.8, 4) is 5.75 Å². The Labute approximate surface area is 167 Å². The van der Waals surface area contributed by atoms with Gasteiger partial charge in [0.15, 0.2) is 0 Å². The molecule has 0 heterocycles. The predicted molar refractivity (Wildman–Crippen MR) is 112 cm³/mol. The quantitative estimate of drug-likeness (QED) is 0.765. The van der Waals surface area contributed by atoms with Crippen LogP contribution in [0.4, 0.5) is 5.69 Å². The van der Waals surface area contributed by atoms with Crippen LogP contribution in [0.2, 0.25) is 0 Å². The monoisotopic (exact) mass is 404 g/mol. The average molecular weight is 405 g/mol. The van der Waals surface area contributed by atoms with Gasteiger partial charge in [-0.2, -0.15) is 0 Å². The van der Waals surface area contributed by atoms with Crippen molar-refractivity contribution in [1.29, 1.82) is 0 Å². The topological polar surface area (TPSA) is 75.7 Å². The number of amides is 1. The molecule has 152 valence electrons. The van der Waals surface area contributed by atoms with E-state index < -0.39 is 10.0 Å². The number of rotatable bonds is 7. The highest BCUT2D eigenvalue weighted by Crippen LogP contribution is 2.31. The minimum atomic E-state index is -3.87. The van der Waals surface area contributed by atoms with Crippen molar-refractivity contribution in [3.63, 3.8) is 0 Å². The van der Waals surface area contributed by atoms with Gasteiger partial charge in [0.05, 0.1) is 17.7 Å². The van der Waals surface area contributed by atoms with Gasteiger partial charge in [-0.3, -0.25) is 9.10 Å². The molecular formula is C21H28N2O4S. The summed E-state index contributed by atoms with van der Waals surface area (Å²) in [6.07, 6.45) is 0. The molecule has 0 aliphatic rings. The van der Waals surface area contributed by atoms with E-state index >= 15 is 0 Å². The van der Waals surface area contributed by atoms with Crippen molar-refractivity contribution < 1.29 is 17.9 Å². The lowest BCUT2D eigenvalue weighted by Crippen LogP contribution is -2.36. The van der Waals surface area contributed by atoms with Crippen LogP contribution >= 0.6 is 0 Å². The van der Waals surface area contributed by atoms with Gasteiger partial charge in [0.1, 0.15) is 5.75 Å². The van der Waals surface area contributed by atoms with Gasteiger partial charge in [-0.05, 0) is 49.6 Å². The summed E-state index contributed by atoms with van der Waals surface area (Å²) in [6.45, 7) is 7.74. The third kappa shape index (κ3) is 4.47. The van der Waals surface area contributed by atoms with Crippen molar-refractivity contribution in [3.05, 3.63) is 53.6 Å². The van der Waals surface area contributed by atoms with Crippen LogP contribution in [0.15, 0.2) is 47.4 Å². The van der Waals surface area contributed by atoms with Gasteiger partial charge in [0, 0.05) is 18.7 Å². The number of nitrogens with zero attached hydrogens (tertiary/aromatic N) is 1. The van der Waals surface area contributed by atoms with Crippen LogP contribution in [0.25, 0.3) is 0 Å². The van der Waals surface area contributed by atoms with Gasteiger partial charge in [0.25, 0.3) is 15.9 Å². The first-order chi connectivity index (χ1) is 13.1. The molecule has 0 bridgehead atoms. The van der Waals surface area contributed by atoms with Crippen LogP contribution in [0, 0.1) is 12.8 Å². The van der Waals surface area contributed by atoms with E-state index in [2.05, 4.69) is 5.32 Å². The fourth-order valence-electron chi connectivity index (χ4n) is 2.63. The first kappa shape index (κ1) is 21.8. The molecule has 0 aliphatic carbocycles. The minimum absolute atomic E-state index is 0.0246. The van der Waals surface area contributed by atoms with Crippen molar-refractivity contribution in [2.75, 3.05) is 18.5 Å². The number of hydrogen-bond acceptors (Lipinski definition) is 4. The molecule has 7 heteroatoms. The molecule has 2 rings (SSSR count). The lowest BCUT2D eigenvalue weighted by Gasteiger charge is -2.22. The summed E-state index contributed by atoms with van der Waals surface area (Å²) in [5.41, 5.74) is 1.49. The second-order valence-corrected chi connectivity index (χ2v) is 9.10. The molecule has 1 amide bonds. The summed E-state index contributed by atoms with van der Waals surface area (Å²) < 4.78 is 32.7. The number of aryl methyl sites for hydroxylation is 1. The number of benzene rings is 2. The van der Waals surface area contributed by atoms with Crippen molar-refractivity contribution in [1.82, 2.24) is 5.32 Å². The number of hydrogen-bond donors (Lipinski definition) is 1. The van der Waals surface area contributed by atoms with Crippen LogP contribution in [-0.4, -0.2) is 34.5 Å². The zero-order valence-electron chi connectivity index (χ0n) is 17.2. The van der Waals surface area contributed by atoms with E-state index in [0.29, 0.717) is 22.6 Å². The molecule has 1 N–H and O–H groups in total. The van der Waals surface area contributed by atoms with E-state index in [4.69, 9.17) is 4.74 Å². The highest BCUT2D eigenvalue weighted by atomic mass is 32.2. The van der Waals surface area contributed by atoms with Gasteiger partial charge < -0.3 is 10.1 Å². The zero-order chi connectivity index (χ0) is 21.1. The normalized spacial score (nSPS) is 12.5. The first-order valence-electron chi connectivity index (χ1n) is 9.13. The lowest BCUT2D eigenvalue weighted by molar-refractivity contribution is 0.0929. The Bertz CT molecular complexity index is 955. The number of carbonyl (C=O) groups excluding carboxylic acids is 1. The fraction of sp³-hybridized carbons (Fsp3) is 0.381. The number of para-hydroxylation sites is 2. The Morgan fingerprint density at radius 1 is 1.11 bits per heavy atom. The maximum atomic E-state index is 13.2. The van der Waals surface area contributed by atoms with Gasteiger partial charge in [0.2, 0.25) is 0 Å². The average Bonchev–Trinajstić information content (AvgIpc) is 2.67. The molecule has 0 fully saturated rings. The van der Waals surface area contributed by atoms with Gasteiger partial charge in [-0.15, -0.1) is 0 Å². The Hall–Kier alpha value is -2.54. The Morgan fingerprint density at radius 2 is 1.75 bits per heavy atom. The van der Waals surface area contributed by atoms with Gasteiger partial charge >= 0.3 is 0 Å². The molecule has 0 spiro atoms. The maximum absolute atomic E-state index is 13.2. The van der Waals surface area contributed by atoms with E-state index in [1.165, 1.54) is 26.3 Å². The molecule has 0 saturated carbocycles. The molecule has 6 nitrogen and oxygen atoms in total. The van der Waals surface area contributed by atoms with Crippen molar-refractivity contribution in [2.45, 2.75) is 38.6 Å². The summed E-state index contributed by atoms with van der Waals surface area (Å²) >= 11 is 0. The number of sulfonamides is 1. The number of methoxy groups -OCH3 is 1. The molecule has 0 aliphatic heterocycles. The minimum Gasteiger partial charge on any atom is -0.495 e. The van der Waals surface area contributed by atoms with E-state index in [0.717, 1.165) is 4.31 Å². The van der Waals surface area contributed by atoms with Crippen LogP contribution in [0.5, 0.6) is 5.75 Å². The van der Waals surface area contributed by atoms with Crippen LogP contribution in [0.3, 0.4) is 0 Å². The van der Waals surface area contributed by atoms with E-state index in [1.54, 1.807) is 37.3 Å². The second-order valence-electron chi connectivity index (χ2n) is 7.13. The maximum Gasteiger partial charge on any atom is 0.264 e. The number of ether oxygens (including phenoxy) is 1. The lowest BCUT2D eigenvalue weighted by atomic mass is 10.0. The Balaban J connectivity index is 2.43. The third-order valence-electron chi connectivity index (χ3n) is 4.90. The second kappa shape index (κ2) is 8.65. The van der Waals surface area contributed by atoms with Crippen LogP contribution < -0.4 is 14.4 Å². The molecule has 0 radical (unpaired) electrons. The third-order valence-corrected chi connectivity index (χ3v) is 6.66. The molecule has 0 aromatic heterocycles. The van der Waals surface area contributed by atoms with E-state index in [1.807, 2.05) is 20.8 Å². The Morgan fingerprint density at radius 3 is 2.36 bits per heavy atom. The molecule has 28 heavy (non-hydrogen) atoms. The SMILES string of the molecule is COc1ccccc1N(C)S(=O)(=O)c1ccc(C)c(C(=O)NC(C)C(C)C)c1. The standard InChI is InChI=1S/C21H28N2O4S/c1-14(2)16(4)22-21(24)18-13-17(12-11-15(18)3)28(25,26)23(5)19-9-7-8-10-20(19)27-6/h7-14,16H,1-6H3,(H,22,24). The number of carbonyl (C=O) groups is 1. The van der Waals surface area contributed by atoms with Crippen molar-refractivity contribution in [2.24, 2.45) is 5.92 Å². The predicted octanol–water partition coefficient (Wildman–Crippen LogP) is 3.60. The molecule has 1 atom stereocenters. The summed E-state index contributed by atoms with van der Waals surface area (Å²) in [6, 6.07) is 11.4. The van der Waals surface area contributed by atoms with Gasteiger partial charge in [-0.1, -0.05) is 32.0 Å². The Kier molecular flexibility index (Phi) is 6.72. The molecule has 1 unspecified atom stereocenters. The number of nitrogens with one attached hydrogen (secondary N) is 1. The van der Waals surface area contributed by atoms with Crippen molar-refractivity contribution >= 4 is 21.6 Å². The summed E-state index contributed by atoms with van der Waals surface area (Å²) in [5.74, 6) is 0.438. The highest BCUT2D eigenvalue weighted by Gasteiger charge is 2.25. The molecule has 2 aromatic carbocycles. The summed E-state index contributed by atoms with van der Waals surface area (Å²) in [5, 5.41) is 2.93. The molecule has 2 aromatic rings. The zero-order valence-corrected chi connectivity index (χ0v) is 18.0. The van der Waals surface area contributed by atoms with Gasteiger partial charge in [-0.25, -0.2) is 8.42 Å². The fourth-order valence-corrected chi connectivity index (χ4v) is 3.87. The highest BCUT2D eigenvalue weighted by molar-refractivity contribution is 7.92. The largest absolute Gasteiger partial charge is 0.495 e. The molecular weight excluding hydrogens is 376 g/mol.